The van der Waals surface area contributed by atoms with E-state index in [4.69, 9.17) is 16.3 Å². The van der Waals surface area contributed by atoms with Gasteiger partial charge in [0, 0.05) is 17.1 Å². The van der Waals surface area contributed by atoms with Gasteiger partial charge >= 0.3 is 0 Å². The van der Waals surface area contributed by atoms with Crippen LogP contribution in [0.2, 0.25) is 5.02 Å². The highest BCUT2D eigenvalue weighted by molar-refractivity contribution is 8.00. The number of thioether (sulfide) groups is 1. The molecular weight excluding hydrogens is 492 g/mol. The number of benzene rings is 3. The van der Waals surface area contributed by atoms with E-state index in [-0.39, 0.29) is 23.2 Å². The van der Waals surface area contributed by atoms with Crippen LogP contribution in [-0.2, 0) is 11.3 Å². The van der Waals surface area contributed by atoms with Crippen molar-refractivity contribution < 1.29 is 14.3 Å². The van der Waals surface area contributed by atoms with Crippen LogP contribution in [0.15, 0.2) is 72.8 Å². The maximum Gasteiger partial charge on any atom is 0.251 e. The van der Waals surface area contributed by atoms with E-state index in [0.717, 1.165) is 28.9 Å². The summed E-state index contributed by atoms with van der Waals surface area (Å²) in [5.41, 5.74) is 3.68. The number of hydrogen-bond donors (Lipinski definition) is 1. The monoisotopic (exact) mass is 522 g/mol. The lowest BCUT2D eigenvalue weighted by Crippen LogP contribution is -2.30. The number of halogens is 1. The number of carbonyl (C=O) groups is 2. The number of nitrogens with zero attached hydrogens (tertiary/aromatic N) is 1. The van der Waals surface area contributed by atoms with Crippen molar-refractivity contribution in [1.29, 1.82) is 0 Å². The zero-order chi connectivity index (χ0) is 25.7. The molecule has 0 spiro atoms. The molecule has 0 saturated carbocycles. The number of amides is 2. The van der Waals surface area contributed by atoms with Crippen LogP contribution >= 0.6 is 23.4 Å². The molecular formula is C29H31ClN2O3S. The molecule has 1 N–H and O–H groups in total. The normalized spacial score (nSPS) is 16.3. The summed E-state index contributed by atoms with van der Waals surface area (Å²) >= 11 is 7.61. The topological polar surface area (TPSA) is 58.6 Å². The Labute approximate surface area is 222 Å². The lowest BCUT2D eigenvalue weighted by Gasteiger charge is -2.25. The molecule has 1 aliphatic rings. The summed E-state index contributed by atoms with van der Waals surface area (Å²) in [6.07, 6.45) is 0.830. The van der Waals surface area contributed by atoms with Crippen molar-refractivity contribution in [1.82, 2.24) is 10.2 Å². The van der Waals surface area contributed by atoms with Crippen molar-refractivity contribution in [2.45, 2.75) is 38.2 Å². The van der Waals surface area contributed by atoms with Gasteiger partial charge in [-0.05, 0) is 65.4 Å². The van der Waals surface area contributed by atoms with Gasteiger partial charge in [-0.3, -0.25) is 9.59 Å². The fraction of sp³-hybridized carbons (Fsp3) is 0.310. The molecule has 188 valence electrons. The zero-order valence-corrected chi connectivity index (χ0v) is 22.3. The molecule has 36 heavy (non-hydrogen) atoms. The summed E-state index contributed by atoms with van der Waals surface area (Å²) in [6, 6.07) is 22.9. The van der Waals surface area contributed by atoms with Crippen molar-refractivity contribution in [2.24, 2.45) is 5.92 Å². The van der Waals surface area contributed by atoms with Crippen LogP contribution in [0.5, 0.6) is 5.75 Å². The van der Waals surface area contributed by atoms with Crippen molar-refractivity contribution in [3.63, 3.8) is 0 Å². The molecule has 3 aromatic carbocycles. The number of ether oxygens (including phenoxy) is 1. The molecule has 0 unspecified atom stereocenters. The summed E-state index contributed by atoms with van der Waals surface area (Å²) < 4.78 is 5.27. The number of rotatable bonds is 9. The molecule has 0 radical (unpaired) electrons. The van der Waals surface area contributed by atoms with E-state index in [1.165, 1.54) is 0 Å². The lowest BCUT2D eigenvalue weighted by molar-refractivity contribution is -0.128. The molecule has 5 nitrogen and oxygen atoms in total. The van der Waals surface area contributed by atoms with Gasteiger partial charge in [-0.2, -0.15) is 0 Å². The molecule has 0 bridgehead atoms. The summed E-state index contributed by atoms with van der Waals surface area (Å²) in [6.45, 7) is 4.82. The molecule has 1 saturated heterocycles. The average Bonchev–Trinajstić information content (AvgIpc) is 3.24. The van der Waals surface area contributed by atoms with Gasteiger partial charge in [0.1, 0.15) is 11.1 Å². The van der Waals surface area contributed by atoms with Gasteiger partial charge in [0.25, 0.3) is 5.91 Å². The molecule has 1 heterocycles. The molecule has 1 aliphatic heterocycles. The maximum absolute atomic E-state index is 13.1. The Balaban J connectivity index is 1.46. The minimum absolute atomic E-state index is 0.0849. The maximum atomic E-state index is 13.1. The second-order valence-corrected chi connectivity index (χ2v) is 10.9. The number of hydrogen-bond acceptors (Lipinski definition) is 4. The highest BCUT2D eigenvalue weighted by Gasteiger charge is 2.32. The van der Waals surface area contributed by atoms with Crippen molar-refractivity contribution in [3.8, 4) is 5.75 Å². The molecule has 3 aromatic rings. The minimum Gasteiger partial charge on any atom is -0.497 e. The zero-order valence-electron chi connectivity index (χ0n) is 20.7. The average molecular weight is 523 g/mol. The van der Waals surface area contributed by atoms with Crippen molar-refractivity contribution in [3.05, 3.63) is 100 Å². The lowest BCUT2D eigenvalue weighted by atomic mass is 9.96. The van der Waals surface area contributed by atoms with Crippen LogP contribution in [0.25, 0.3) is 0 Å². The van der Waals surface area contributed by atoms with Gasteiger partial charge in [0.15, 0.2) is 0 Å². The van der Waals surface area contributed by atoms with E-state index in [9.17, 15) is 9.59 Å². The third-order valence-corrected chi connectivity index (χ3v) is 7.73. The summed E-state index contributed by atoms with van der Waals surface area (Å²) in [7, 11) is 1.64. The van der Waals surface area contributed by atoms with Crippen LogP contribution in [0, 0.1) is 5.92 Å². The SMILES string of the molecule is COc1ccc([C@@H](CC(C)C)NC(=O)c2ccc([C@@H]3SCC(=O)N3Cc3ccc(Cl)cc3)cc2)cc1. The van der Waals surface area contributed by atoms with E-state index >= 15 is 0 Å². The quantitative estimate of drug-likeness (QED) is 0.342. The van der Waals surface area contributed by atoms with Gasteiger partial charge in [-0.1, -0.05) is 61.8 Å². The fourth-order valence-electron chi connectivity index (χ4n) is 4.31. The van der Waals surface area contributed by atoms with Gasteiger partial charge in [0.05, 0.1) is 18.9 Å². The summed E-state index contributed by atoms with van der Waals surface area (Å²) in [5, 5.41) is 3.79. The van der Waals surface area contributed by atoms with Crippen LogP contribution in [-0.4, -0.2) is 29.6 Å². The second-order valence-electron chi connectivity index (χ2n) is 9.36. The Kier molecular flexibility index (Phi) is 8.60. The molecule has 0 aromatic heterocycles. The first-order valence-corrected chi connectivity index (χ1v) is 13.5. The summed E-state index contributed by atoms with van der Waals surface area (Å²) in [4.78, 5) is 27.6. The Morgan fingerprint density at radius 2 is 1.72 bits per heavy atom. The Bertz CT molecular complexity index is 1180. The smallest absolute Gasteiger partial charge is 0.251 e. The van der Waals surface area contributed by atoms with Gasteiger partial charge in [0.2, 0.25) is 5.91 Å². The molecule has 0 aliphatic carbocycles. The molecule has 4 rings (SSSR count). The number of nitrogens with one attached hydrogen (secondary N) is 1. The summed E-state index contributed by atoms with van der Waals surface area (Å²) in [5.74, 6) is 1.65. The molecule has 2 atom stereocenters. The first-order chi connectivity index (χ1) is 17.3. The number of methoxy groups -OCH3 is 1. The highest BCUT2D eigenvalue weighted by atomic mass is 35.5. The Morgan fingerprint density at radius 3 is 2.33 bits per heavy atom. The third-order valence-electron chi connectivity index (χ3n) is 6.22. The predicted octanol–water partition coefficient (Wildman–Crippen LogP) is 6.64. The molecule has 2 amide bonds. The van der Waals surface area contributed by atoms with E-state index in [0.29, 0.717) is 28.8 Å². The van der Waals surface area contributed by atoms with Crippen molar-refractivity contribution in [2.75, 3.05) is 12.9 Å². The second kappa shape index (κ2) is 11.8. The van der Waals surface area contributed by atoms with Crippen LogP contribution in [0.1, 0.15) is 58.7 Å². The van der Waals surface area contributed by atoms with E-state index in [1.54, 1.807) is 18.9 Å². The van der Waals surface area contributed by atoms with Crippen LogP contribution in [0.4, 0.5) is 0 Å². The highest BCUT2D eigenvalue weighted by Crippen LogP contribution is 2.39. The van der Waals surface area contributed by atoms with E-state index < -0.39 is 0 Å². The van der Waals surface area contributed by atoms with Crippen LogP contribution in [0.3, 0.4) is 0 Å². The van der Waals surface area contributed by atoms with Gasteiger partial charge < -0.3 is 15.0 Å². The first-order valence-electron chi connectivity index (χ1n) is 12.0. The predicted molar refractivity (Wildman–Crippen MR) is 146 cm³/mol. The standard InChI is InChI=1S/C29H31ClN2O3S/c1-19(2)16-26(21-10-14-25(35-3)15-11-21)31-28(34)22-6-8-23(9-7-22)29-32(27(33)18-36-29)17-20-4-12-24(30)13-5-20/h4-15,19,26,29H,16-18H2,1-3H3,(H,31,34)/t26-,29+/m1/s1. The van der Waals surface area contributed by atoms with Crippen LogP contribution < -0.4 is 10.1 Å². The molecule has 7 heteroatoms. The fourth-order valence-corrected chi connectivity index (χ4v) is 5.63. The molecule has 1 fully saturated rings. The van der Waals surface area contributed by atoms with Gasteiger partial charge in [-0.25, -0.2) is 0 Å². The Morgan fingerprint density at radius 1 is 1.06 bits per heavy atom. The Hall–Kier alpha value is -2.96. The van der Waals surface area contributed by atoms with Crippen molar-refractivity contribution >= 4 is 35.2 Å². The third kappa shape index (κ3) is 6.42. The number of carbonyl (C=O) groups excluding carboxylic acids is 2. The van der Waals surface area contributed by atoms with Gasteiger partial charge in [-0.15, -0.1) is 11.8 Å². The minimum atomic E-state index is -0.115. The first kappa shape index (κ1) is 26.1. The van der Waals surface area contributed by atoms with E-state index in [2.05, 4.69) is 19.2 Å². The largest absolute Gasteiger partial charge is 0.497 e. The van der Waals surface area contributed by atoms with E-state index in [1.807, 2.05) is 77.7 Å².